The SMILES string of the molecule is CN(Cc1cccc(S(=O)(=O)N(C)C)c1)Cc1cc(Br)ccc1F. The Kier molecular flexibility index (Phi) is 6.14. The zero-order chi connectivity index (χ0) is 17.9. The van der Waals surface area contributed by atoms with Crippen molar-refractivity contribution in [2.24, 2.45) is 0 Å². The molecule has 2 rings (SSSR count). The first-order chi connectivity index (χ1) is 11.2. The first-order valence-corrected chi connectivity index (χ1v) is 9.57. The Morgan fingerprint density at radius 2 is 1.75 bits per heavy atom. The fraction of sp³-hybridized carbons (Fsp3) is 0.294. The maximum Gasteiger partial charge on any atom is 0.242 e. The minimum Gasteiger partial charge on any atom is -0.298 e. The summed E-state index contributed by atoms with van der Waals surface area (Å²) in [7, 11) is 1.42. The molecule has 0 heterocycles. The lowest BCUT2D eigenvalue weighted by Crippen LogP contribution is -2.23. The van der Waals surface area contributed by atoms with Crippen LogP contribution < -0.4 is 0 Å². The molecular weight excluding hydrogens is 395 g/mol. The predicted molar refractivity (Wildman–Crippen MR) is 96.6 cm³/mol. The summed E-state index contributed by atoms with van der Waals surface area (Å²) in [6.07, 6.45) is 0. The minimum absolute atomic E-state index is 0.256. The van der Waals surface area contributed by atoms with E-state index in [0.717, 1.165) is 10.0 Å². The summed E-state index contributed by atoms with van der Waals surface area (Å²) in [5.74, 6) is -0.256. The average Bonchev–Trinajstić information content (AvgIpc) is 2.51. The molecule has 0 aliphatic heterocycles. The molecule has 0 radical (unpaired) electrons. The van der Waals surface area contributed by atoms with Crippen LogP contribution in [0.2, 0.25) is 0 Å². The highest BCUT2D eigenvalue weighted by Gasteiger charge is 2.17. The fourth-order valence-electron chi connectivity index (χ4n) is 2.34. The number of hydrogen-bond donors (Lipinski definition) is 0. The third-order valence-corrected chi connectivity index (χ3v) is 5.88. The summed E-state index contributed by atoms with van der Waals surface area (Å²) >= 11 is 3.34. The van der Waals surface area contributed by atoms with Crippen molar-refractivity contribution in [3.8, 4) is 0 Å². The van der Waals surface area contributed by atoms with Gasteiger partial charge < -0.3 is 0 Å². The minimum atomic E-state index is -3.46. The molecule has 0 fully saturated rings. The van der Waals surface area contributed by atoms with Gasteiger partial charge in [0.15, 0.2) is 0 Å². The molecule has 130 valence electrons. The van der Waals surface area contributed by atoms with E-state index in [2.05, 4.69) is 15.9 Å². The van der Waals surface area contributed by atoms with Gasteiger partial charge >= 0.3 is 0 Å². The van der Waals surface area contributed by atoms with E-state index >= 15 is 0 Å². The van der Waals surface area contributed by atoms with Gasteiger partial charge in [-0.15, -0.1) is 0 Å². The first-order valence-electron chi connectivity index (χ1n) is 7.34. The van der Waals surface area contributed by atoms with Crippen LogP contribution in [0.1, 0.15) is 11.1 Å². The molecule has 0 saturated heterocycles. The maximum atomic E-state index is 13.8. The van der Waals surface area contributed by atoms with Crippen LogP contribution in [0.4, 0.5) is 4.39 Å². The highest BCUT2D eigenvalue weighted by Crippen LogP contribution is 2.19. The Bertz CT molecular complexity index is 825. The Morgan fingerprint density at radius 3 is 2.42 bits per heavy atom. The molecule has 7 heteroatoms. The number of nitrogens with zero attached hydrogens (tertiary/aromatic N) is 2. The van der Waals surface area contributed by atoms with Crippen molar-refractivity contribution in [3.63, 3.8) is 0 Å². The van der Waals surface area contributed by atoms with Gasteiger partial charge in [-0.3, -0.25) is 4.90 Å². The molecule has 4 nitrogen and oxygen atoms in total. The van der Waals surface area contributed by atoms with Crippen LogP contribution >= 0.6 is 15.9 Å². The molecule has 0 N–H and O–H groups in total. The van der Waals surface area contributed by atoms with E-state index in [1.165, 1.54) is 24.5 Å². The van der Waals surface area contributed by atoms with E-state index in [9.17, 15) is 12.8 Å². The Balaban J connectivity index is 2.15. The van der Waals surface area contributed by atoms with Crippen LogP contribution in [-0.4, -0.2) is 38.8 Å². The molecule has 24 heavy (non-hydrogen) atoms. The number of sulfonamides is 1. The van der Waals surface area contributed by atoms with Gasteiger partial charge in [0, 0.05) is 37.2 Å². The van der Waals surface area contributed by atoms with E-state index in [1.807, 2.05) is 18.0 Å². The summed E-state index contributed by atoms with van der Waals surface area (Å²) in [5.41, 5.74) is 1.44. The van der Waals surface area contributed by atoms with Crippen molar-refractivity contribution >= 4 is 26.0 Å². The summed E-state index contributed by atoms with van der Waals surface area (Å²) in [6.45, 7) is 0.943. The lowest BCUT2D eigenvalue weighted by molar-refractivity contribution is 0.313. The second-order valence-electron chi connectivity index (χ2n) is 5.84. The summed E-state index contributed by atoms with van der Waals surface area (Å²) in [6, 6.07) is 11.7. The Labute approximate surface area is 151 Å². The molecule has 0 atom stereocenters. The second-order valence-corrected chi connectivity index (χ2v) is 8.91. The molecule has 0 unspecified atom stereocenters. The molecular formula is C17H20BrFN2O2S. The highest BCUT2D eigenvalue weighted by molar-refractivity contribution is 9.10. The normalized spacial score (nSPS) is 12.1. The molecule has 0 aliphatic carbocycles. The van der Waals surface area contributed by atoms with Crippen molar-refractivity contribution in [1.29, 1.82) is 0 Å². The van der Waals surface area contributed by atoms with Gasteiger partial charge in [0.05, 0.1) is 4.90 Å². The Morgan fingerprint density at radius 1 is 1.04 bits per heavy atom. The van der Waals surface area contributed by atoms with E-state index < -0.39 is 10.0 Å². The van der Waals surface area contributed by atoms with Crippen molar-refractivity contribution in [2.45, 2.75) is 18.0 Å². The largest absolute Gasteiger partial charge is 0.298 e. The summed E-state index contributed by atoms with van der Waals surface area (Å²) in [4.78, 5) is 2.19. The average molecular weight is 415 g/mol. The van der Waals surface area contributed by atoms with Crippen LogP contribution in [0, 0.1) is 5.82 Å². The smallest absolute Gasteiger partial charge is 0.242 e. The van der Waals surface area contributed by atoms with Crippen molar-refractivity contribution in [1.82, 2.24) is 9.21 Å². The fourth-order valence-corrected chi connectivity index (χ4v) is 3.72. The van der Waals surface area contributed by atoms with Crippen LogP contribution in [0.15, 0.2) is 51.8 Å². The Hall–Kier alpha value is -1.28. The molecule has 0 spiro atoms. The monoisotopic (exact) mass is 414 g/mol. The van der Waals surface area contributed by atoms with Crippen molar-refractivity contribution < 1.29 is 12.8 Å². The summed E-state index contributed by atoms with van der Waals surface area (Å²) < 4.78 is 40.3. The van der Waals surface area contributed by atoms with Crippen molar-refractivity contribution in [2.75, 3.05) is 21.1 Å². The third kappa shape index (κ3) is 4.63. The quantitative estimate of drug-likeness (QED) is 0.726. The topological polar surface area (TPSA) is 40.6 Å². The van der Waals surface area contributed by atoms with Gasteiger partial charge in [-0.25, -0.2) is 17.1 Å². The number of halogens is 2. The van der Waals surface area contributed by atoms with Crippen LogP contribution in [0.3, 0.4) is 0 Å². The molecule has 0 amide bonds. The lowest BCUT2D eigenvalue weighted by Gasteiger charge is -2.18. The van der Waals surface area contributed by atoms with Crippen molar-refractivity contribution in [3.05, 3.63) is 63.9 Å². The van der Waals surface area contributed by atoms with Crippen LogP contribution in [0.5, 0.6) is 0 Å². The van der Waals surface area contributed by atoms with Gasteiger partial charge in [-0.1, -0.05) is 28.1 Å². The van der Waals surface area contributed by atoms with Gasteiger partial charge in [0.1, 0.15) is 5.82 Å². The zero-order valence-electron chi connectivity index (χ0n) is 13.8. The molecule has 2 aromatic carbocycles. The van der Waals surface area contributed by atoms with Gasteiger partial charge in [-0.2, -0.15) is 0 Å². The predicted octanol–water partition coefficient (Wildman–Crippen LogP) is 3.47. The highest BCUT2D eigenvalue weighted by atomic mass is 79.9. The molecule has 0 bridgehead atoms. The van der Waals surface area contributed by atoms with E-state index in [-0.39, 0.29) is 10.7 Å². The number of hydrogen-bond acceptors (Lipinski definition) is 3. The number of rotatable bonds is 6. The number of benzene rings is 2. The van der Waals surface area contributed by atoms with E-state index in [1.54, 1.807) is 30.3 Å². The van der Waals surface area contributed by atoms with Gasteiger partial charge in [-0.05, 0) is 42.9 Å². The molecule has 0 aliphatic rings. The summed E-state index contributed by atoms with van der Waals surface area (Å²) in [5, 5.41) is 0. The van der Waals surface area contributed by atoms with E-state index in [4.69, 9.17) is 0 Å². The van der Waals surface area contributed by atoms with Gasteiger partial charge in [0.25, 0.3) is 0 Å². The third-order valence-electron chi connectivity index (χ3n) is 3.58. The molecule has 0 aromatic heterocycles. The second kappa shape index (κ2) is 7.74. The molecule has 0 saturated carbocycles. The van der Waals surface area contributed by atoms with E-state index in [0.29, 0.717) is 18.7 Å². The zero-order valence-corrected chi connectivity index (χ0v) is 16.2. The maximum absolute atomic E-state index is 13.8. The standard InChI is InChI=1S/C17H20BrFN2O2S/c1-20(2)24(22,23)16-6-4-5-13(9-16)11-21(3)12-14-10-15(18)7-8-17(14)19/h4-10H,11-12H2,1-3H3. The van der Waals surface area contributed by atoms with Crippen LogP contribution in [0.25, 0.3) is 0 Å². The molecule has 2 aromatic rings. The van der Waals surface area contributed by atoms with Gasteiger partial charge in [0.2, 0.25) is 10.0 Å². The van der Waals surface area contributed by atoms with Crippen LogP contribution in [-0.2, 0) is 23.1 Å². The lowest BCUT2D eigenvalue weighted by atomic mass is 10.1. The first kappa shape index (κ1) is 19.1.